The molecule has 6 nitrogen and oxygen atoms in total. The van der Waals surface area contributed by atoms with Crippen molar-refractivity contribution in [1.82, 2.24) is 19.4 Å². The van der Waals surface area contributed by atoms with E-state index in [2.05, 4.69) is 14.9 Å². The maximum absolute atomic E-state index is 12.0. The topological polar surface area (TPSA) is 68.9 Å². The van der Waals surface area contributed by atoms with E-state index in [0.29, 0.717) is 6.54 Å². The van der Waals surface area contributed by atoms with Crippen molar-refractivity contribution < 1.29 is 4.79 Å². The van der Waals surface area contributed by atoms with Gasteiger partial charge in [0, 0.05) is 44.1 Å². The fraction of sp³-hybridized carbons (Fsp3) is 0.235. The predicted molar refractivity (Wildman–Crippen MR) is 88.4 cm³/mol. The normalized spacial score (nSPS) is 10.8. The van der Waals surface area contributed by atoms with Gasteiger partial charge < -0.3 is 14.5 Å². The lowest BCUT2D eigenvalue weighted by Gasteiger charge is -2.07. The van der Waals surface area contributed by atoms with Crippen molar-refractivity contribution in [3.8, 4) is 0 Å². The van der Waals surface area contributed by atoms with Gasteiger partial charge in [-0.05, 0) is 36.8 Å². The van der Waals surface area contributed by atoms with E-state index in [-0.39, 0.29) is 17.0 Å². The standard InChI is InChI=1S/C17H18N4O2/c1-20-10-3-6-14(17(20)23)16(22)19-9-4-11-21-12-7-13-5-2-8-18-15(13)21/h2-3,5-8,10,12H,4,9,11H2,1H3,(H,19,22). The molecule has 1 amide bonds. The number of amides is 1. The Morgan fingerprint density at radius 1 is 1.22 bits per heavy atom. The van der Waals surface area contributed by atoms with Gasteiger partial charge in [0.1, 0.15) is 11.2 Å². The zero-order chi connectivity index (χ0) is 16.2. The maximum atomic E-state index is 12.0. The zero-order valence-corrected chi connectivity index (χ0v) is 12.9. The smallest absolute Gasteiger partial charge is 0.263 e. The molecule has 0 unspecified atom stereocenters. The number of hydrogen-bond acceptors (Lipinski definition) is 3. The second-order valence-corrected chi connectivity index (χ2v) is 5.37. The molecule has 0 aromatic carbocycles. The Hall–Kier alpha value is -2.89. The minimum Gasteiger partial charge on any atom is -0.352 e. The van der Waals surface area contributed by atoms with Crippen molar-refractivity contribution in [3.05, 3.63) is 64.8 Å². The first-order chi connectivity index (χ1) is 11.2. The highest BCUT2D eigenvalue weighted by atomic mass is 16.2. The summed E-state index contributed by atoms with van der Waals surface area (Å²) in [6, 6.07) is 9.18. The Bertz CT molecular complexity index is 895. The molecular formula is C17H18N4O2. The monoisotopic (exact) mass is 310 g/mol. The number of carbonyl (C=O) groups is 1. The number of aromatic nitrogens is 3. The van der Waals surface area contributed by atoms with E-state index in [1.54, 1.807) is 31.6 Å². The van der Waals surface area contributed by atoms with Crippen LogP contribution < -0.4 is 10.9 Å². The van der Waals surface area contributed by atoms with Crippen molar-refractivity contribution in [2.24, 2.45) is 7.05 Å². The lowest BCUT2D eigenvalue weighted by atomic mass is 10.2. The van der Waals surface area contributed by atoms with Crippen LogP contribution in [0.3, 0.4) is 0 Å². The van der Waals surface area contributed by atoms with Gasteiger partial charge in [0.2, 0.25) is 0 Å². The number of aryl methyl sites for hydroxylation is 2. The molecule has 23 heavy (non-hydrogen) atoms. The van der Waals surface area contributed by atoms with Gasteiger partial charge in [-0.3, -0.25) is 9.59 Å². The van der Waals surface area contributed by atoms with Crippen molar-refractivity contribution in [2.45, 2.75) is 13.0 Å². The van der Waals surface area contributed by atoms with Crippen molar-refractivity contribution in [2.75, 3.05) is 6.54 Å². The highest BCUT2D eigenvalue weighted by molar-refractivity contribution is 5.93. The quantitative estimate of drug-likeness (QED) is 0.727. The van der Waals surface area contributed by atoms with Crippen LogP contribution in [0.1, 0.15) is 16.8 Å². The van der Waals surface area contributed by atoms with Crippen LogP contribution in [0.5, 0.6) is 0 Å². The summed E-state index contributed by atoms with van der Waals surface area (Å²) in [5, 5.41) is 3.89. The molecule has 0 bridgehead atoms. The predicted octanol–water partition coefficient (Wildman–Crippen LogP) is 1.56. The molecule has 1 N–H and O–H groups in total. The molecule has 0 aliphatic heterocycles. The van der Waals surface area contributed by atoms with Gasteiger partial charge in [0.05, 0.1) is 0 Å². The first-order valence-electron chi connectivity index (χ1n) is 7.50. The van der Waals surface area contributed by atoms with Gasteiger partial charge in [-0.2, -0.15) is 0 Å². The number of rotatable bonds is 5. The van der Waals surface area contributed by atoms with E-state index in [1.165, 1.54) is 4.57 Å². The number of nitrogens with one attached hydrogen (secondary N) is 1. The Balaban J connectivity index is 1.56. The number of carbonyl (C=O) groups excluding carboxylic acids is 1. The summed E-state index contributed by atoms with van der Waals surface area (Å²) in [4.78, 5) is 28.3. The molecule has 0 fully saturated rings. The fourth-order valence-electron chi connectivity index (χ4n) is 2.52. The SMILES string of the molecule is Cn1cccc(C(=O)NCCCn2ccc3cccnc32)c1=O. The van der Waals surface area contributed by atoms with E-state index in [4.69, 9.17) is 0 Å². The Morgan fingerprint density at radius 3 is 2.96 bits per heavy atom. The molecule has 0 radical (unpaired) electrons. The molecule has 0 saturated heterocycles. The van der Waals surface area contributed by atoms with Crippen LogP contribution in [-0.4, -0.2) is 26.6 Å². The lowest BCUT2D eigenvalue weighted by molar-refractivity contribution is 0.0950. The third kappa shape index (κ3) is 3.15. The minimum absolute atomic E-state index is 0.170. The lowest BCUT2D eigenvalue weighted by Crippen LogP contribution is -2.32. The summed E-state index contributed by atoms with van der Waals surface area (Å²) in [6.45, 7) is 1.26. The molecule has 3 heterocycles. The van der Waals surface area contributed by atoms with Gasteiger partial charge in [-0.25, -0.2) is 4.98 Å². The van der Waals surface area contributed by atoms with E-state index < -0.39 is 0 Å². The summed E-state index contributed by atoms with van der Waals surface area (Å²) in [5.74, 6) is -0.332. The molecule has 0 saturated carbocycles. The summed E-state index contributed by atoms with van der Waals surface area (Å²) in [7, 11) is 1.63. The molecule has 0 atom stereocenters. The molecule has 118 valence electrons. The molecule has 3 aromatic heterocycles. The van der Waals surface area contributed by atoms with Gasteiger partial charge in [-0.15, -0.1) is 0 Å². The second kappa shape index (κ2) is 6.48. The molecule has 3 rings (SSSR count). The maximum Gasteiger partial charge on any atom is 0.263 e. The summed E-state index contributed by atoms with van der Waals surface area (Å²) >= 11 is 0. The van der Waals surface area contributed by atoms with E-state index in [1.807, 2.05) is 24.4 Å². The molecule has 0 spiro atoms. The van der Waals surface area contributed by atoms with Gasteiger partial charge in [0.15, 0.2) is 0 Å². The highest BCUT2D eigenvalue weighted by Crippen LogP contribution is 2.12. The molecule has 0 aliphatic carbocycles. The zero-order valence-electron chi connectivity index (χ0n) is 12.9. The summed E-state index contributed by atoms with van der Waals surface area (Å²) in [6.07, 6.45) is 6.15. The first kappa shape index (κ1) is 15.0. The molecule has 0 aliphatic rings. The van der Waals surface area contributed by atoms with Gasteiger partial charge >= 0.3 is 0 Å². The van der Waals surface area contributed by atoms with Crippen molar-refractivity contribution >= 4 is 16.9 Å². The Kier molecular flexibility index (Phi) is 4.23. The third-order valence-electron chi connectivity index (χ3n) is 3.75. The van der Waals surface area contributed by atoms with E-state index in [9.17, 15) is 9.59 Å². The summed E-state index contributed by atoms with van der Waals surface area (Å²) in [5.41, 5.74) is 0.824. The van der Waals surface area contributed by atoms with E-state index >= 15 is 0 Å². The van der Waals surface area contributed by atoms with E-state index in [0.717, 1.165) is 24.0 Å². The fourth-order valence-corrected chi connectivity index (χ4v) is 2.52. The number of nitrogens with zero attached hydrogens (tertiary/aromatic N) is 3. The van der Waals surface area contributed by atoms with Crippen LogP contribution in [0.25, 0.3) is 11.0 Å². The van der Waals surface area contributed by atoms with Gasteiger partial charge in [-0.1, -0.05) is 0 Å². The van der Waals surface area contributed by atoms with Crippen LogP contribution in [0, 0.1) is 0 Å². The minimum atomic E-state index is -0.332. The van der Waals surface area contributed by atoms with Crippen LogP contribution in [-0.2, 0) is 13.6 Å². The third-order valence-corrected chi connectivity index (χ3v) is 3.75. The summed E-state index contributed by atoms with van der Waals surface area (Å²) < 4.78 is 3.45. The number of fused-ring (bicyclic) bond motifs is 1. The van der Waals surface area contributed by atoms with Crippen LogP contribution in [0.15, 0.2) is 53.7 Å². The number of pyridine rings is 2. The first-order valence-corrected chi connectivity index (χ1v) is 7.50. The average Bonchev–Trinajstić information content (AvgIpc) is 2.97. The Labute approximate surface area is 133 Å². The van der Waals surface area contributed by atoms with Gasteiger partial charge in [0.25, 0.3) is 11.5 Å². The highest BCUT2D eigenvalue weighted by Gasteiger charge is 2.10. The average molecular weight is 310 g/mol. The number of hydrogen-bond donors (Lipinski definition) is 1. The molecule has 6 heteroatoms. The second-order valence-electron chi connectivity index (χ2n) is 5.37. The van der Waals surface area contributed by atoms with Crippen LogP contribution in [0.4, 0.5) is 0 Å². The molecular weight excluding hydrogens is 292 g/mol. The van der Waals surface area contributed by atoms with Crippen molar-refractivity contribution in [1.29, 1.82) is 0 Å². The van der Waals surface area contributed by atoms with Crippen molar-refractivity contribution in [3.63, 3.8) is 0 Å². The van der Waals surface area contributed by atoms with Crippen LogP contribution >= 0.6 is 0 Å². The van der Waals surface area contributed by atoms with Crippen LogP contribution in [0.2, 0.25) is 0 Å². The molecule has 3 aromatic rings. The largest absolute Gasteiger partial charge is 0.352 e. The Morgan fingerprint density at radius 2 is 2.09 bits per heavy atom.